The number of aromatic hydroxyl groups is 2. The highest BCUT2D eigenvalue weighted by Gasteiger charge is 2.29. The number of fused-ring (bicyclic) bond motifs is 1. The fraction of sp³-hybridized carbons (Fsp3) is 0.233. The topological polar surface area (TPSA) is 235 Å². The van der Waals surface area contributed by atoms with Gasteiger partial charge in [0, 0.05) is 23.2 Å². The fourth-order valence-corrected chi connectivity index (χ4v) is 4.66. The summed E-state index contributed by atoms with van der Waals surface area (Å²) in [6.07, 6.45) is -0.353. The number of rotatable bonds is 11. The number of amides is 2. The number of aromatic nitrogens is 2. The van der Waals surface area contributed by atoms with Gasteiger partial charge in [-0.3, -0.25) is 9.59 Å². The van der Waals surface area contributed by atoms with Gasteiger partial charge < -0.3 is 46.7 Å². The van der Waals surface area contributed by atoms with Crippen LogP contribution in [0.1, 0.15) is 42.9 Å². The number of oxime groups is 1. The molecule has 44 heavy (non-hydrogen) atoms. The van der Waals surface area contributed by atoms with Crippen LogP contribution >= 0.6 is 0 Å². The highest BCUT2D eigenvalue weighted by atomic mass is 16.5. The van der Waals surface area contributed by atoms with Gasteiger partial charge in [0.1, 0.15) is 17.3 Å². The van der Waals surface area contributed by atoms with Crippen LogP contribution < -0.4 is 16.8 Å². The first-order valence-electron chi connectivity index (χ1n) is 13.6. The number of urea groups is 1. The molecule has 4 aromatic rings. The molecule has 0 aliphatic rings. The van der Waals surface area contributed by atoms with Crippen LogP contribution in [0, 0.1) is 0 Å². The standard InChI is InChI=1S/C30H32N6O8/c1-3-43-25(38)13-18(29(40)44-4-2)17-10-20(19-9-15(5-8-24(19)37)14-33-30(32)41)26(39)21(11-17)28-34-22-7-6-16(27(31)36-42)12-23(22)35-28/h5-12,18,37,39,42H,3-4,13-14H2,1-2H3,(H2,31,36)(H,34,35)(H3,32,33,41). The molecule has 0 spiro atoms. The highest BCUT2D eigenvalue weighted by molar-refractivity contribution is 6.00. The summed E-state index contributed by atoms with van der Waals surface area (Å²) in [5, 5.41) is 37.0. The number of carbonyl (C=O) groups excluding carboxylic acids is 3. The second-order valence-corrected chi connectivity index (χ2v) is 9.65. The Balaban J connectivity index is 1.96. The van der Waals surface area contributed by atoms with Gasteiger partial charge in [0.15, 0.2) is 5.84 Å². The average molecular weight is 605 g/mol. The Morgan fingerprint density at radius 2 is 1.70 bits per heavy atom. The fourth-order valence-electron chi connectivity index (χ4n) is 4.66. The number of benzene rings is 3. The number of hydrogen-bond donors (Lipinski definition) is 7. The van der Waals surface area contributed by atoms with E-state index in [1.54, 1.807) is 44.2 Å². The van der Waals surface area contributed by atoms with Crippen molar-refractivity contribution >= 4 is 34.8 Å². The molecular formula is C30H32N6O8. The zero-order chi connectivity index (χ0) is 32.0. The van der Waals surface area contributed by atoms with Crippen LogP contribution in [0.15, 0.2) is 53.7 Å². The minimum Gasteiger partial charge on any atom is -0.507 e. The van der Waals surface area contributed by atoms with Crippen LogP contribution in [0.5, 0.6) is 11.5 Å². The predicted octanol–water partition coefficient (Wildman–Crippen LogP) is 3.17. The molecule has 0 saturated carbocycles. The summed E-state index contributed by atoms with van der Waals surface area (Å²) in [7, 11) is 0. The van der Waals surface area contributed by atoms with Crippen molar-refractivity contribution in [3.05, 3.63) is 65.2 Å². The largest absolute Gasteiger partial charge is 0.507 e. The molecule has 0 radical (unpaired) electrons. The SMILES string of the molecule is CCOC(=O)CC(C(=O)OCC)c1cc(-c2nc3ccc(/C(N)=N\O)cc3[nH]2)c(O)c(-c2cc(CNC(N)=O)ccc2O)c1. The molecule has 0 saturated heterocycles. The highest BCUT2D eigenvalue weighted by Crippen LogP contribution is 2.44. The van der Waals surface area contributed by atoms with Gasteiger partial charge in [-0.25, -0.2) is 9.78 Å². The summed E-state index contributed by atoms with van der Waals surface area (Å²) in [5.41, 5.74) is 13.6. The monoisotopic (exact) mass is 604 g/mol. The Hall–Kier alpha value is -5.79. The number of phenolic OH excluding ortho intramolecular Hbond substituents is 2. The van der Waals surface area contributed by atoms with E-state index in [0.717, 1.165) is 0 Å². The van der Waals surface area contributed by atoms with Crippen molar-refractivity contribution in [1.29, 1.82) is 0 Å². The van der Waals surface area contributed by atoms with Crippen LogP contribution in [0.2, 0.25) is 0 Å². The minimum atomic E-state index is -1.13. The lowest BCUT2D eigenvalue weighted by molar-refractivity contribution is -0.151. The molecule has 1 atom stereocenters. The Kier molecular flexibility index (Phi) is 9.53. The van der Waals surface area contributed by atoms with Gasteiger partial charge in [0.05, 0.1) is 42.1 Å². The third-order valence-electron chi connectivity index (χ3n) is 6.74. The van der Waals surface area contributed by atoms with E-state index in [-0.39, 0.29) is 71.6 Å². The third-order valence-corrected chi connectivity index (χ3v) is 6.74. The Bertz CT molecular complexity index is 1750. The number of hydrogen-bond acceptors (Lipinski definition) is 10. The van der Waals surface area contributed by atoms with Crippen molar-refractivity contribution < 1.29 is 39.3 Å². The molecule has 0 bridgehead atoms. The van der Waals surface area contributed by atoms with E-state index < -0.39 is 23.9 Å². The zero-order valence-corrected chi connectivity index (χ0v) is 24.0. The third kappa shape index (κ3) is 6.81. The van der Waals surface area contributed by atoms with Crippen LogP contribution in [-0.4, -0.2) is 62.4 Å². The van der Waals surface area contributed by atoms with Crippen molar-refractivity contribution in [2.75, 3.05) is 13.2 Å². The summed E-state index contributed by atoms with van der Waals surface area (Å²) in [4.78, 5) is 44.6. The number of imidazole rings is 1. The minimum absolute atomic E-state index is 0.0381. The molecule has 14 heteroatoms. The Morgan fingerprint density at radius 3 is 2.39 bits per heavy atom. The maximum Gasteiger partial charge on any atom is 0.313 e. The summed E-state index contributed by atoms with van der Waals surface area (Å²) < 4.78 is 10.4. The number of H-pyrrole nitrogens is 1. The molecule has 3 aromatic carbocycles. The summed E-state index contributed by atoms with van der Waals surface area (Å²) in [6.45, 7) is 3.47. The van der Waals surface area contributed by atoms with Crippen molar-refractivity contribution in [3.63, 3.8) is 0 Å². The molecule has 1 heterocycles. The van der Waals surface area contributed by atoms with Crippen LogP contribution in [0.3, 0.4) is 0 Å². The molecule has 14 nitrogen and oxygen atoms in total. The number of esters is 2. The van der Waals surface area contributed by atoms with E-state index in [1.807, 2.05) is 0 Å². The number of carbonyl (C=O) groups is 3. The molecule has 1 aromatic heterocycles. The second kappa shape index (κ2) is 13.5. The number of ether oxygens (including phenoxy) is 2. The van der Waals surface area contributed by atoms with E-state index in [4.69, 9.17) is 26.1 Å². The lowest BCUT2D eigenvalue weighted by Gasteiger charge is -2.19. The quantitative estimate of drug-likeness (QED) is 0.0434. The first kappa shape index (κ1) is 31.2. The van der Waals surface area contributed by atoms with Crippen LogP contribution in [-0.2, 0) is 25.6 Å². The maximum absolute atomic E-state index is 13.1. The molecule has 0 fully saturated rings. The molecule has 9 N–H and O–H groups in total. The van der Waals surface area contributed by atoms with Crippen molar-refractivity contribution in [1.82, 2.24) is 15.3 Å². The van der Waals surface area contributed by atoms with Gasteiger partial charge in [-0.05, 0) is 67.4 Å². The van der Waals surface area contributed by atoms with Gasteiger partial charge in [-0.1, -0.05) is 11.2 Å². The Morgan fingerprint density at radius 1 is 0.977 bits per heavy atom. The molecule has 1 unspecified atom stereocenters. The number of nitrogens with one attached hydrogen (secondary N) is 2. The van der Waals surface area contributed by atoms with E-state index in [9.17, 15) is 24.6 Å². The van der Waals surface area contributed by atoms with Gasteiger partial charge in [-0.2, -0.15) is 0 Å². The van der Waals surface area contributed by atoms with Crippen molar-refractivity contribution in [3.8, 4) is 34.0 Å². The summed E-state index contributed by atoms with van der Waals surface area (Å²) >= 11 is 0. The number of primary amides is 1. The normalized spacial score (nSPS) is 12.1. The summed E-state index contributed by atoms with van der Waals surface area (Å²) in [5.74, 6) is -2.92. The predicted molar refractivity (Wildman–Crippen MR) is 160 cm³/mol. The van der Waals surface area contributed by atoms with Crippen molar-refractivity contribution in [2.24, 2.45) is 16.6 Å². The second-order valence-electron chi connectivity index (χ2n) is 9.65. The maximum atomic E-state index is 13.1. The van der Waals surface area contributed by atoms with Crippen LogP contribution in [0.25, 0.3) is 33.5 Å². The van der Waals surface area contributed by atoms with Crippen LogP contribution in [0.4, 0.5) is 4.79 Å². The number of aromatic amines is 1. The van der Waals surface area contributed by atoms with E-state index in [1.165, 1.54) is 18.2 Å². The molecule has 2 amide bonds. The first-order valence-corrected chi connectivity index (χ1v) is 13.6. The molecular weight excluding hydrogens is 572 g/mol. The van der Waals surface area contributed by atoms with Crippen molar-refractivity contribution in [2.45, 2.75) is 32.7 Å². The molecule has 0 aliphatic heterocycles. The lowest BCUT2D eigenvalue weighted by Crippen LogP contribution is -2.28. The van der Waals surface area contributed by atoms with Gasteiger partial charge >= 0.3 is 18.0 Å². The van der Waals surface area contributed by atoms with Gasteiger partial charge in [0.25, 0.3) is 0 Å². The van der Waals surface area contributed by atoms with E-state index in [0.29, 0.717) is 22.2 Å². The van der Waals surface area contributed by atoms with Gasteiger partial charge in [-0.15, -0.1) is 0 Å². The molecule has 230 valence electrons. The van der Waals surface area contributed by atoms with E-state index in [2.05, 4.69) is 20.4 Å². The number of amidine groups is 1. The smallest absolute Gasteiger partial charge is 0.313 e. The van der Waals surface area contributed by atoms with Gasteiger partial charge in [0.2, 0.25) is 0 Å². The zero-order valence-electron chi connectivity index (χ0n) is 24.0. The number of nitrogens with zero attached hydrogens (tertiary/aromatic N) is 2. The molecule has 4 rings (SSSR count). The summed E-state index contributed by atoms with van der Waals surface area (Å²) in [6, 6.07) is 11.6. The van der Waals surface area contributed by atoms with E-state index >= 15 is 0 Å². The average Bonchev–Trinajstić information content (AvgIpc) is 3.43. The Labute approximate surface area is 251 Å². The molecule has 0 aliphatic carbocycles. The lowest BCUT2D eigenvalue weighted by atomic mass is 9.89. The number of nitrogens with two attached hydrogens (primary N) is 2. The number of phenols is 2. The first-order chi connectivity index (χ1) is 21.1.